The molecule has 16 heavy (non-hydrogen) atoms. The second kappa shape index (κ2) is 7.92. The number of amides is 2. The molecule has 1 unspecified atom stereocenters. The maximum Gasteiger partial charge on any atom is 0.407 e. The van der Waals surface area contributed by atoms with E-state index in [0.717, 1.165) is 0 Å². The van der Waals surface area contributed by atoms with Crippen LogP contribution in [0.5, 0.6) is 0 Å². The Hall–Kier alpha value is -1.30. The minimum Gasteiger partial charge on any atom is -0.447 e. The van der Waals surface area contributed by atoms with Crippen LogP contribution in [0.15, 0.2) is 0 Å². The molecular formula is C10H20N2O4. The number of aliphatic hydroxyl groups is 1. The predicted octanol–water partition coefficient (Wildman–Crippen LogP) is -0.134. The fourth-order valence-corrected chi connectivity index (χ4v) is 0.880. The van der Waals surface area contributed by atoms with E-state index in [1.807, 2.05) is 13.8 Å². The first-order valence-corrected chi connectivity index (χ1v) is 5.29. The summed E-state index contributed by atoms with van der Waals surface area (Å²) in [6.45, 7) is 5.78. The molecule has 3 N–H and O–H groups in total. The Morgan fingerprint density at radius 1 is 1.31 bits per heavy atom. The van der Waals surface area contributed by atoms with Crippen molar-refractivity contribution in [2.24, 2.45) is 5.92 Å². The first kappa shape index (κ1) is 14.7. The molecular weight excluding hydrogens is 212 g/mol. The van der Waals surface area contributed by atoms with Crippen LogP contribution < -0.4 is 10.6 Å². The van der Waals surface area contributed by atoms with Gasteiger partial charge >= 0.3 is 6.09 Å². The van der Waals surface area contributed by atoms with Crippen molar-refractivity contribution < 1.29 is 19.4 Å². The maximum atomic E-state index is 11.4. The average Bonchev–Trinajstić information content (AvgIpc) is 2.22. The van der Waals surface area contributed by atoms with E-state index in [1.165, 1.54) is 0 Å². The van der Waals surface area contributed by atoms with Gasteiger partial charge in [0.05, 0.1) is 6.61 Å². The van der Waals surface area contributed by atoms with Crippen LogP contribution in [0.2, 0.25) is 0 Å². The Morgan fingerprint density at radius 3 is 2.44 bits per heavy atom. The Labute approximate surface area is 95.4 Å². The quantitative estimate of drug-likeness (QED) is 0.595. The van der Waals surface area contributed by atoms with Gasteiger partial charge in [-0.3, -0.25) is 4.79 Å². The Kier molecular flexibility index (Phi) is 7.28. The summed E-state index contributed by atoms with van der Waals surface area (Å²) in [6.07, 6.45) is -0.707. The van der Waals surface area contributed by atoms with E-state index in [1.54, 1.807) is 6.92 Å². The van der Waals surface area contributed by atoms with Crippen LogP contribution in [0.3, 0.4) is 0 Å². The lowest BCUT2D eigenvalue weighted by atomic mass is 10.2. The molecule has 0 radical (unpaired) electrons. The van der Waals surface area contributed by atoms with Gasteiger partial charge in [0.25, 0.3) is 0 Å². The van der Waals surface area contributed by atoms with Crippen molar-refractivity contribution in [3.63, 3.8) is 0 Å². The lowest BCUT2D eigenvalue weighted by molar-refractivity contribution is -0.122. The SMILES string of the molecule is CC(C)CNC(=O)C(C)NC(=O)OCCO. The van der Waals surface area contributed by atoms with E-state index >= 15 is 0 Å². The summed E-state index contributed by atoms with van der Waals surface area (Å²) in [7, 11) is 0. The van der Waals surface area contributed by atoms with Gasteiger partial charge < -0.3 is 20.5 Å². The molecule has 2 amide bonds. The maximum absolute atomic E-state index is 11.4. The molecule has 0 aromatic heterocycles. The van der Waals surface area contributed by atoms with Crippen LogP contribution in [0.25, 0.3) is 0 Å². The topological polar surface area (TPSA) is 87.7 Å². The van der Waals surface area contributed by atoms with Crippen molar-refractivity contribution in [1.82, 2.24) is 10.6 Å². The monoisotopic (exact) mass is 232 g/mol. The minimum absolute atomic E-state index is 0.0772. The standard InChI is InChI=1S/C10H20N2O4/c1-7(2)6-11-9(14)8(3)12-10(15)16-5-4-13/h7-8,13H,4-6H2,1-3H3,(H,11,14)(H,12,15). The van der Waals surface area contributed by atoms with Crippen LogP contribution in [-0.4, -0.2) is 42.9 Å². The Morgan fingerprint density at radius 2 is 1.94 bits per heavy atom. The van der Waals surface area contributed by atoms with E-state index < -0.39 is 12.1 Å². The smallest absolute Gasteiger partial charge is 0.407 e. The van der Waals surface area contributed by atoms with Gasteiger partial charge in [-0.2, -0.15) is 0 Å². The molecule has 0 aliphatic carbocycles. The zero-order valence-corrected chi connectivity index (χ0v) is 9.95. The zero-order valence-electron chi connectivity index (χ0n) is 9.95. The van der Waals surface area contributed by atoms with E-state index in [0.29, 0.717) is 12.5 Å². The van der Waals surface area contributed by atoms with Gasteiger partial charge in [-0.25, -0.2) is 4.79 Å². The van der Waals surface area contributed by atoms with Gasteiger partial charge in [-0.1, -0.05) is 13.8 Å². The van der Waals surface area contributed by atoms with E-state index in [2.05, 4.69) is 15.4 Å². The van der Waals surface area contributed by atoms with Crippen molar-refractivity contribution in [3.05, 3.63) is 0 Å². The molecule has 6 nitrogen and oxygen atoms in total. The number of aliphatic hydroxyl groups excluding tert-OH is 1. The predicted molar refractivity (Wildman–Crippen MR) is 58.9 cm³/mol. The third-order valence-electron chi connectivity index (χ3n) is 1.74. The van der Waals surface area contributed by atoms with Gasteiger partial charge in [0.1, 0.15) is 12.6 Å². The van der Waals surface area contributed by atoms with Crippen molar-refractivity contribution >= 4 is 12.0 Å². The third kappa shape index (κ3) is 7.05. The lowest BCUT2D eigenvalue weighted by Gasteiger charge is -2.14. The number of hydrogen-bond acceptors (Lipinski definition) is 4. The van der Waals surface area contributed by atoms with Gasteiger partial charge in [0, 0.05) is 6.54 Å². The summed E-state index contributed by atoms with van der Waals surface area (Å²) in [5, 5.41) is 13.5. The number of carbonyl (C=O) groups excluding carboxylic acids is 2. The van der Waals surface area contributed by atoms with E-state index in [-0.39, 0.29) is 19.1 Å². The molecule has 0 aromatic rings. The molecule has 1 atom stereocenters. The normalized spacial score (nSPS) is 12.1. The Balaban J connectivity index is 3.81. The molecule has 0 bridgehead atoms. The molecule has 0 aliphatic rings. The summed E-state index contributed by atoms with van der Waals surface area (Å²) < 4.78 is 4.56. The molecule has 0 spiro atoms. The second-order valence-electron chi connectivity index (χ2n) is 3.86. The fraction of sp³-hybridized carbons (Fsp3) is 0.800. The summed E-state index contributed by atoms with van der Waals surface area (Å²) in [5.74, 6) is 0.104. The fourth-order valence-electron chi connectivity index (χ4n) is 0.880. The molecule has 94 valence electrons. The largest absolute Gasteiger partial charge is 0.447 e. The molecule has 0 aromatic carbocycles. The molecule has 0 heterocycles. The molecule has 0 aliphatic heterocycles. The van der Waals surface area contributed by atoms with Crippen LogP contribution in [0.1, 0.15) is 20.8 Å². The summed E-state index contributed by atoms with van der Waals surface area (Å²) in [5.41, 5.74) is 0. The molecule has 0 rings (SSSR count). The second-order valence-corrected chi connectivity index (χ2v) is 3.86. The zero-order chi connectivity index (χ0) is 12.6. The number of ether oxygens (including phenoxy) is 1. The van der Waals surface area contributed by atoms with Crippen molar-refractivity contribution in [1.29, 1.82) is 0 Å². The molecule has 0 saturated heterocycles. The highest BCUT2D eigenvalue weighted by molar-refractivity contribution is 5.85. The third-order valence-corrected chi connectivity index (χ3v) is 1.74. The van der Waals surface area contributed by atoms with Gasteiger partial charge in [0.2, 0.25) is 5.91 Å². The molecule has 6 heteroatoms. The van der Waals surface area contributed by atoms with Crippen LogP contribution in [0.4, 0.5) is 4.79 Å². The van der Waals surface area contributed by atoms with Gasteiger partial charge in [-0.05, 0) is 12.8 Å². The summed E-state index contributed by atoms with van der Waals surface area (Å²) in [4.78, 5) is 22.5. The van der Waals surface area contributed by atoms with Gasteiger partial charge in [0.15, 0.2) is 0 Å². The van der Waals surface area contributed by atoms with Crippen molar-refractivity contribution in [2.45, 2.75) is 26.8 Å². The molecule has 0 fully saturated rings. The average molecular weight is 232 g/mol. The first-order valence-electron chi connectivity index (χ1n) is 5.29. The number of alkyl carbamates (subject to hydrolysis) is 1. The van der Waals surface area contributed by atoms with Crippen LogP contribution >= 0.6 is 0 Å². The number of nitrogens with one attached hydrogen (secondary N) is 2. The van der Waals surface area contributed by atoms with E-state index in [4.69, 9.17) is 5.11 Å². The van der Waals surface area contributed by atoms with Gasteiger partial charge in [-0.15, -0.1) is 0 Å². The lowest BCUT2D eigenvalue weighted by Crippen LogP contribution is -2.45. The highest BCUT2D eigenvalue weighted by Gasteiger charge is 2.15. The van der Waals surface area contributed by atoms with Crippen LogP contribution in [-0.2, 0) is 9.53 Å². The highest BCUT2D eigenvalue weighted by Crippen LogP contribution is 1.90. The minimum atomic E-state index is -0.707. The Bertz CT molecular complexity index is 231. The number of hydrogen-bond donors (Lipinski definition) is 3. The van der Waals surface area contributed by atoms with E-state index in [9.17, 15) is 9.59 Å². The van der Waals surface area contributed by atoms with Crippen LogP contribution in [0, 0.1) is 5.92 Å². The first-order chi connectivity index (χ1) is 7.47. The van der Waals surface area contributed by atoms with Crippen molar-refractivity contribution in [2.75, 3.05) is 19.8 Å². The van der Waals surface area contributed by atoms with Crippen molar-refractivity contribution in [3.8, 4) is 0 Å². The number of rotatable bonds is 6. The number of carbonyl (C=O) groups is 2. The molecule has 0 saturated carbocycles. The summed E-state index contributed by atoms with van der Waals surface area (Å²) >= 11 is 0. The summed E-state index contributed by atoms with van der Waals surface area (Å²) in [6, 6.07) is -0.648. The highest BCUT2D eigenvalue weighted by atomic mass is 16.6.